The van der Waals surface area contributed by atoms with Crippen LogP contribution in [0.5, 0.6) is 5.88 Å². The summed E-state index contributed by atoms with van der Waals surface area (Å²) in [4.78, 5) is 25.8. The van der Waals surface area contributed by atoms with Crippen molar-refractivity contribution in [3.05, 3.63) is 63.4 Å². The van der Waals surface area contributed by atoms with Crippen LogP contribution in [0.25, 0.3) is 23.0 Å². The molecule has 0 atom stereocenters. The third-order valence-corrected chi connectivity index (χ3v) is 6.59. The molecule has 0 saturated heterocycles. The van der Waals surface area contributed by atoms with Gasteiger partial charge in [0.15, 0.2) is 11.1 Å². The van der Waals surface area contributed by atoms with Gasteiger partial charge in [-0.15, -0.1) is 0 Å². The van der Waals surface area contributed by atoms with Crippen LogP contribution in [0.15, 0.2) is 46.3 Å². The zero-order valence-corrected chi connectivity index (χ0v) is 18.7. The van der Waals surface area contributed by atoms with Crippen molar-refractivity contribution >= 4 is 27.4 Å². The average Bonchev–Trinajstić information content (AvgIpc) is 3.40. The van der Waals surface area contributed by atoms with Gasteiger partial charge in [0, 0.05) is 23.9 Å². The predicted molar refractivity (Wildman–Crippen MR) is 122 cm³/mol. The van der Waals surface area contributed by atoms with Gasteiger partial charge in [0.05, 0.1) is 29.9 Å². The molecule has 12 heteroatoms. The maximum absolute atomic E-state index is 12.0. The molecule has 4 aromatic rings. The highest BCUT2D eigenvalue weighted by molar-refractivity contribution is 7.92. The summed E-state index contributed by atoms with van der Waals surface area (Å²) in [7, 11) is -1.93. The molecule has 0 spiro atoms. The summed E-state index contributed by atoms with van der Waals surface area (Å²) in [5, 5.41) is 14.9. The largest absolute Gasteiger partial charge is 0.493 e. The van der Waals surface area contributed by atoms with Crippen molar-refractivity contribution in [2.75, 3.05) is 17.6 Å². The molecule has 33 heavy (non-hydrogen) atoms. The number of anilines is 1. The lowest BCUT2D eigenvalue weighted by molar-refractivity contribution is 0.454. The van der Waals surface area contributed by atoms with Crippen LogP contribution < -0.4 is 20.7 Å². The number of aromatic nitrogens is 5. The number of imidazole rings is 1. The highest BCUT2D eigenvalue weighted by Crippen LogP contribution is 2.25. The van der Waals surface area contributed by atoms with E-state index >= 15 is 0 Å². The molecule has 5 rings (SSSR count). The van der Waals surface area contributed by atoms with Gasteiger partial charge in [-0.05, 0) is 31.1 Å². The van der Waals surface area contributed by atoms with E-state index in [9.17, 15) is 18.3 Å². The van der Waals surface area contributed by atoms with Crippen molar-refractivity contribution in [3.8, 4) is 17.1 Å². The van der Waals surface area contributed by atoms with Gasteiger partial charge in [-0.1, -0.05) is 12.1 Å². The number of rotatable bonds is 5. The smallest absolute Gasteiger partial charge is 0.326 e. The monoisotopic (exact) mass is 467 g/mol. The molecule has 1 aliphatic rings. The lowest BCUT2D eigenvalue weighted by Gasteiger charge is -2.17. The third-order valence-electron chi connectivity index (χ3n) is 5.38. The van der Waals surface area contributed by atoms with Crippen LogP contribution in [0, 0.1) is 0 Å². The van der Waals surface area contributed by atoms with Crippen LogP contribution in [-0.2, 0) is 10.0 Å². The Morgan fingerprint density at radius 1 is 1.27 bits per heavy atom. The molecule has 0 aliphatic heterocycles. The lowest BCUT2D eigenvalue weighted by Crippen LogP contribution is -2.24. The maximum atomic E-state index is 12.0. The van der Waals surface area contributed by atoms with Crippen molar-refractivity contribution in [1.82, 2.24) is 24.6 Å². The number of nitrogens with one attached hydrogen (secondary N) is 2. The highest BCUT2D eigenvalue weighted by atomic mass is 32.2. The molecule has 0 amide bonds. The van der Waals surface area contributed by atoms with Crippen molar-refractivity contribution in [3.63, 3.8) is 0 Å². The fourth-order valence-electron chi connectivity index (χ4n) is 3.40. The van der Waals surface area contributed by atoms with Crippen molar-refractivity contribution in [2.24, 2.45) is 4.99 Å². The van der Waals surface area contributed by atoms with Gasteiger partial charge in [0.25, 0.3) is 0 Å². The second-order valence-corrected chi connectivity index (χ2v) is 9.98. The zero-order valence-electron chi connectivity index (χ0n) is 17.8. The van der Waals surface area contributed by atoms with E-state index in [-0.39, 0.29) is 17.6 Å². The fourth-order valence-corrected chi connectivity index (χ4v) is 3.89. The van der Waals surface area contributed by atoms with Gasteiger partial charge >= 0.3 is 5.69 Å². The normalized spacial score (nSPS) is 15.5. The molecular weight excluding hydrogens is 446 g/mol. The first-order chi connectivity index (χ1) is 15.7. The highest BCUT2D eigenvalue weighted by Gasteiger charge is 2.20. The number of benzene rings is 1. The van der Waals surface area contributed by atoms with Crippen LogP contribution in [0.3, 0.4) is 0 Å². The Hall–Kier alpha value is -3.93. The van der Waals surface area contributed by atoms with Gasteiger partial charge in [0.2, 0.25) is 15.9 Å². The Bertz CT molecular complexity index is 1660. The van der Waals surface area contributed by atoms with E-state index < -0.39 is 15.7 Å². The molecule has 0 unspecified atom stereocenters. The summed E-state index contributed by atoms with van der Waals surface area (Å²) in [5.41, 5.74) is 2.59. The van der Waals surface area contributed by atoms with Crippen LogP contribution in [-0.4, -0.2) is 57.4 Å². The van der Waals surface area contributed by atoms with Crippen molar-refractivity contribution in [2.45, 2.75) is 18.9 Å². The van der Waals surface area contributed by atoms with E-state index in [1.807, 2.05) is 12.1 Å². The number of H-pyrrole nitrogens is 2. The number of hydrogen-bond acceptors (Lipinski definition) is 7. The van der Waals surface area contributed by atoms with E-state index in [1.165, 1.54) is 11.4 Å². The number of aromatic amines is 2. The molecule has 0 radical (unpaired) electrons. The van der Waals surface area contributed by atoms with E-state index in [4.69, 9.17) is 9.98 Å². The summed E-state index contributed by atoms with van der Waals surface area (Å²) >= 11 is 0. The summed E-state index contributed by atoms with van der Waals surface area (Å²) in [6, 6.07) is 9.11. The third kappa shape index (κ3) is 4.12. The molecule has 0 bridgehead atoms. The Morgan fingerprint density at radius 2 is 2.06 bits per heavy atom. The zero-order chi connectivity index (χ0) is 23.3. The van der Waals surface area contributed by atoms with E-state index in [2.05, 4.69) is 15.1 Å². The summed E-state index contributed by atoms with van der Waals surface area (Å²) in [6.45, 7) is 0. The van der Waals surface area contributed by atoms with Gasteiger partial charge in [-0.2, -0.15) is 9.61 Å². The predicted octanol–water partition coefficient (Wildman–Crippen LogP) is 0.125. The summed E-state index contributed by atoms with van der Waals surface area (Å²) in [5.74, 6) is -0.282. The fraction of sp³-hybridized carbons (Fsp3) is 0.238. The topological polar surface area (TPSA) is 149 Å². The Kier molecular flexibility index (Phi) is 4.81. The van der Waals surface area contributed by atoms with Gasteiger partial charge in [-0.3, -0.25) is 14.3 Å². The molecule has 3 heterocycles. The van der Waals surface area contributed by atoms with Crippen molar-refractivity contribution in [1.29, 1.82) is 0 Å². The quantitative estimate of drug-likeness (QED) is 0.380. The second kappa shape index (κ2) is 7.59. The molecule has 1 fully saturated rings. The van der Waals surface area contributed by atoms with E-state index in [0.717, 1.165) is 19.1 Å². The molecule has 1 saturated carbocycles. The minimum Gasteiger partial charge on any atom is -0.493 e. The van der Waals surface area contributed by atoms with Crippen LogP contribution in [0.2, 0.25) is 0 Å². The maximum Gasteiger partial charge on any atom is 0.326 e. The summed E-state index contributed by atoms with van der Waals surface area (Å²) < 4.78 is 26.8. The molecule has 170 valence electrons. The van der Waals surface area contributed by atoms with Crippen LogP contribution >= 0.6 is 0 Å². The molecule has 3 aromatic heterocycles. The van der Waals surface area contributed by atoms with Gasteiger partial charge in [-0.25, -0.2) is 18.2 Å². The molecule has 1 aromatic carbocycles. The summed E-state index contributed by atoms with van der Waals surface area (Å²) in [6.07, 6.45) is 6.31. The lowest BCUT2D eigenvalue weighted by atomic mass is 10.1. The first kappa shape index (κ1) is 20.9. The SMILES string of the molecule is CN(c1cccc(-c2cc(=NC3CC3)n3ncc(=Cc4[nH]c(=O)[nH]c4O)c3n2)c1)S(C)(=O)=O. The van der Waals surface area contributed by atoms with E-state index in [0.29, 0.717) is 33.3 Å². The van der Waals surface area contributed by atoms with Gasteiger partial charge in [0.1, 0.15) is 5.69 Å². The first-order valence-corrected chi connectivity index (χ1v) is 12.0. The number of fused-ring (bicyclic) bond motifs is 1. The Balaban J connectivity index is 1.73. The van der Waals surface area contributed by atoms with E-state index in [1.54, 1.807) is 35.0 Å². The number of nitrogens with zero attached hydrogens (tertiary/aromatic N) is 5. The minimum absolute atomic E-state index is 0.208. The Labute approximate surface area is 187 Å². The molecule has 1 aliphatic carbocycles. The molecular formula is C21H21N7O4S. The number of aromatic hydroxyl groups is 1. The standard InChI is InChI=1S/C21H21N7O4S/c1-27(33(2,31)32)15-5-3-4-12(8-15)16-10-18(23-14-6-7-14)28-19(24-16)13(11-22-28)9-17-20(29)26-21(30)25-17/h3-5,8-11,14,29H,6-7H2,1-2H3,(H2,25,26,30). The van der Waals surface area contributed by atoms with Crippen molar-refractivity contribution < 1.29 is 13.5 Å². The van der Waals surface area contributed by atoms with Gasteiger partial charge < -0.3 is 10.1 Å². The molecule has 3 N–H and O–H groups in total. The van der Waals surface area contributed by atoms with Crippen LogP contribution in [0.4, 0.5) is 5.69 Å². The first-order valence-electron chi connectivity index (χ1n) is 10.2. The average molecular weight is 468 g/mol. The number of sulfonamides is 1. The second-order valence-electron chi connectivity index (χ2n) is 7.96. The number of hydrogen-bond donors (Lipinski definition) is 3. The minimum atomic E-state index is -3.42. The Morgan fingerprint density at radius 3 is 2.73 bits per heavy atom. The van der Waals surface area contributed by atoms with Crippen LogP contribution in [0.1, 0.15) is 18.5 Å². The molecule has 11 nitrogen and oxygen atoms in total.